The molecule has 1 saturated heterocycles. The fraction of sp³-hybridized carbons (Fsp3) is 0.333. The molecule has 2 aliphatic heterocycles. The van der Waals surface area contributed by atoms with Crippen LogP contribution in [0.4, 0.5) is 4.39 Å². The zero-order chi connectivity index (χ0) is 18.1. The van der Waals surface area contributed by atoms with E-state index in [1.165, 1.54) is 28.6 Å². The van der Waals surface area contributed by atoms with Gasteiger partial charge in [-0.1, -0.05) is 12.1 Å². The zero-order valence-electron chi connectivity index (χ0n) is 13.9. The second kappa shape index (κ2) is 6.86. The first kappa shape index (κ1) is 17.3. The van der Waals surface area contributed by atoms with Crippen LogP contribution < -0.4 is 9.47 Å². The molecule has 6 nitrogen and oxygen atoms in total. The van der Waals surface area contributed by atoms with Crippen molar-refractivity contribution >= 4 is 10.0 Å². The Hall–Kier alpha value is -2.16. The number of morpholine rings is 1. The van der Waals surface area contributed by atoms with E-state index in [9.17, 15) is 12.8 Å². The molecule has 0 unspecified atom stereocenters. The molecule has 2 heterocycles. The number of ether oxygens (including phenoxy) is 3. The Morgan fingerprint density at radius 3 is 2.46 bits per heavy atom. The average molecular weight is 379 g/mol. The highest BCUT2D eigenvalue weighted by Gasteiger charge is 2.32. The van der Waals surface area contributed by atoms with Gasteiger partial charge in [-0.25, -0.2) is 12.8 Å². The van der Waals surface area contributed by atoms with Gasteiger partial charge in [0.2, 0.25) is 10.0 Å². The third kappa shape index (κ3) is 3.27. The molecule has 0 N–H and O–H groups in total. The van der Waals surface area contributed by atoms with Gasteiger partial charge in [-0.05, 0) is 29.8 Å². The molecule has 26 heavy (non-hydrogen) atoms. The summed E-state index contributed by atoms with van der Waals surface area (Å²) in [6.45, 7) is 1.53. The van der Waals surface area contributed by atoms with E-state index in [4.69, 9.17) is 14.2 Å². The van der Waals surface area contributed by atoms with Crippen LogP contribution in [-0.2, 0) is 14.8 Å². The maximum Gasteiger partial charge on any atom is 0.243 e. The molecule has 8 heteroatoms. The molecular formula is C18H18FNO5S. The van der Waals surface area contributed by atoms with Gasteiger partial charge in [0.15, 0.2) is 11.5 Å². The maximum atomic E-state index is 13.1. The lowest BCUT2D eigenvalue weighted by Crippen LogP contribution is -2.42. The SMILES string of the molecule is O=S(=O)(c1ccc2c(c1)OCCO2)N1CCO[C@H](c2ccc(F)cc2)C1. The Balaban J connectivity index is 1.58. The van der Waals surface area contributed by atoms with Crippen LogP contribution in [0.3, 0.4) is 0 Å². The lowest BCUT2D eigenvalue weighted by atomic mass is 10.1. The predicted molar refractivity (Wildman–Crippen MR) is 91.3 cm³/mol. The second-order valence-electron chi connectivity index (χ2n) is 6.08. The summed E-state index contributed by atoms with van der Waals surface area (Å²) in [6.07, 6.45) is -0.434. The molecule has 2 aromatic rings. The van der Waals surface area contributed by atoms with Crippen LogP contribution in [0.25, 0.3) is 0 Å². The van der Waals surface area contributed by atoms with E-state index in [0.717, 1.165) is 5.56 Å². The first-order chi connectivity index (χ1) is 12.5. The maximum absolute atomic E-state index is 13.1. The van der Waals surface area contributed by atoms with Gasteiger partial charge in [0.05, 0.1) is 17.6 Å². The summed E-state index contributed by atoms with van der Waals surface area (Å²) in [5.41, 5.74) is 0.744. The molecule has 0 radical (unpaired) electrons. The number of benzene rings is 2. The van der Waals surface area contributed by atoms with Gasteiger partial charge in [0.25, 0.3) is 0 Å². The summed E-state index contributed by atoms with van der Waals surface area (Å²) in [5.74, 6) is 0.632. The molecule has 0 aliphatic carbocycles. The van der Waals surface area contributed by atoms with Crippen LogP contribution in [0.1, 0.15) is 11.7 Å². The van der Waals surface area contributed by atoms with Crippen LogP contribution in [0.5, 0.6) is 11.5 Å². The number of halogens is 1. The molecule has 0 amide bonds. The summed E-state index contributed by atoms with van der Waals surface area (Å²) < 4.78 is 57.1. The fourth-order valence-electron chi connectivity index (χ4n) is 3.06. The second-order valence-corrected chi connectivity index (χ2v) is 8.02. The fourth-order valence-corrected chi connectivity index (χ4v) is 4.50. The van der Waals surface area contributed by atoms with E-state index in [2.05, 4.69) is 0 Å². The van der Waals surface area contributed by atoms with E-state index in [-0.39, 0.29) is 30.4 Å². The number of nitrogens with zero attached hydrogens (tertiary/aromatic N) is 1. The van der Waals surface area contributed by atoms with Gasteiger partial charge >= 0.3 is 0 Å². The van der Waals surface area contributed by atoms with Gasteiger partial charge in [-0.15, -0.1) is 0 Å². The van der Waals surface area contributed by atoms with Gasteiger partial charge in [0, 0.05) is 19.2 Å². The van der Waals surface area contributed by atoms with Gasteiger partial charge in [-0.3, -0.25) is 0 Å². The molecular weight excluding hydrogens is 361 g/mol. The van der Waals surface area contributed by atoms with Crippen LogP contribution >= 0.6 is 0 Å². The van der Waals surface area contributed by atoms with E-state index < -0.39 is 16.1 Å². The highest BCUT2D eigenvalue weighted by molar-refractivity contribution is 7.89. The van der Waals surface area contributed by atoms with Crippen molar-refractivity contribution < 1.29 is 27.0 Å². The summed E-state index contributed by atoms with van der Waals surface area (Å²) in [7, 11) is -3.70. The van der Waals surface area contributed by atoms with Crippen LogP contribution in [0.2, 0.25) is 0 Å². The minimum Gasteiger partial charge on any atom is -0.486 e. The quantitative estimate of drug-likeness (QED) is 0.819. The van der Waals surface area contributed by atoms with E-state index in [1.54, 1.807) is 18.2 Å². The Kier molecular flexibility index (Phi) is 4.56. The van der Waals surface area contributed by atoms with Crippen molar-refractivity contribution in [2.75, 3.05) is 32.9 Å². The van der Waals surface area contributed by atoms with E-state index in [1.807, 2.05) is 0 Å². The molecule has 2 aromatic carbocycles. The molecule has 0 aromatic heterocycles. The minimum atomic E-state index is -3.70. The number of rotatable bonds is 3. The topological polar surface area (TPSA) is 65.1 Å². The van der Waals surface area contributed by atoms with Crippen LogP contribution in [0, 0.1) is 5.82 Å². The minimum absolute atomic E-state index is 0.154. The normalized spacial score (nSPS) is 20.7. The highest BCUT2D eigenvalue weighted by Crippen LogP contribution is 2.34. The number of hydrogen-bond donors (Lipinski definition) is 0. The smallest absolute Gasteiger partial charge is 0.243 e. The Morgan fingerprint density at radius 2 is 1.69 bits per heavy atom. The molecule has 0 saturated carbocycles. The molecule has 138 valence electrons. The third-order valence-corrected chi connectivity index (χ3v) is 6.28. The predicted octanol–water partition coefficient (Wildman–Crippen LogP) is 2.36. The van der Waals surface area contributed by atoms with Crippen molar-refractivity contribution in [3.8, 4) is 11.5 Å². The largest absolute Gasteiger partial charge is 0.486 e. The van der Waals surface area contributed by atoms with Crippen molar-refractivity contribution in [1.29, 1.82) is 0 Å². The molecule has 4 rings (SSSR count). The molecule has 1 fully saturated rings. The van der Waals surface area contributed by atoms with Gasteiger partial charge in [-0.2, -0.15) is 4.31 Å². The zero-order valence-corrected chi connectivity index (χ0v) is 14.7. The van der Waals surface area contributed by atoms with Crippen molar-refractivity contribution in [1.82, 2.24) is 4.31 Å². The molecule has 0 bridgehead atoms. The summed E-state index contributed by atoms with van der Waals surface area (Å²) in [6, 6.07) is 10.5. The van der Waals surface area contributed by atoms with E-state index >= 15 is 0 Å². The Morgan fingerprint density at radius 1 is 0.962 bits per heavy atom. The summed E-state index contributed by atoms with van der Waals surface area (Å²) in [5, 5.41) is 0. The van der Waals surface area contributed by atoms with Gasteiger partial charge in [0.1, 0.15) is 19.0 Å². The molecule has 2 aliphatic rings. The lowest BCUT2D eigenvalue weighted by Gasteiger charge is -2.32. The third-order valence-electron chi connectivity index (χ3n) is 4.42. The van der Waals surface area contributed by atoms with Crippen LogP contribution in [0.15, 0.2) is 47.4 Å². The van der Waals surface area contributed by atoms with Crippen molar-refractivity contribution in [2.24, 2.45) is 0 Å². The molecule has 0 spiro atoms. The first-order valence-electron chi connectivity index (χ1n) is 8.31. The monoisotopic (exact) mass is 379 g/mol. The summed E-state index contributed by atoms with van der Waals surface area (Å²) in [4.78, 5) is 0.154. The number of fused-ring (bicyclic) bond motifs is 1. The Labute approximate surface area is 151 Å². The van der Waals surface area contributed by atoms with Crippen molar-refractivity contribution in [3.05, 3.63) is 53.8 Å². The number of sulfonamides is 1. The van der Waals surface area contributed by atoms with Gasteiger partial charge < -0.3 is 14.2 Å². The first-order valence-corrected chi connectivity index (χ1v) is 9.75. The van der Waals surface area contributed by atoms with Crippen LogP contribution in [-0.4, -0.2) is 45.6 Å². The highest BCUT2D eigenvalue weighted by atomic mass is 32.2. The molecule has 1 atom stereocenters. The standard InChI is InChI=1S/C18H18FNO5S/c19-14-3-1-13(2-4-14)18-12-20(7-8-23-18)26(21,22)15-5-6-16-17(11-15)25-10-9-24-16/h1-6,11,18H,7-10,12H2/t18-/m0/s1. The lowest BCUT2D eigenvalue weighted by molar-refractivity contribution is -0.00259. The summed E-state index contributed by atoms with van der Waals surface area (Å²) >= 11 is 0. The number of hydrogen-bond acceptors (Lipinski definition) is 5. The Bertz CT molecular complexity index is 900. The van der Waals surface area contributed by atoms with Crippen molar-refractivity contribution in [2.45, 2.75) is 11.0 Å². The average Bonchev–Trinajstić information content (AvgIpc) is 2.68. The van der Waals surface area contributed by atoms with E-state index in [0.29, 0.717) is 24.7 Å². The van der Waals surface area contributed by atoms with Crippen molar-refractivity contribution in [3.63, 3.8) is 0 Å².